The molecule has 8 rings (SSSR count). The lowest BCUT2D eigenvalue weighted by Gasteiger charge is -2.31. The van der Waals surface area contributed by atoms with Crippen molar-refractivity contribution >= 4 is 47.7 Å². The first-order chi connectivity index (χ1) is 22.9. The predicted molar refractivity (Wildman–Crippen MR) is 201 cm³/mol. The predicted octanol–water partition coefficient (Wildman–Crippen LogP) is 7.51. The Bertz CT molecular complexity index is 1820. The van der Waals surface area contributed by atoms with Crippen LogP contribution < -0.4 is 41.3 Å². The van der Waals surface area contributed by atoms with Gasteiger partial charge < -0.3 is 9.47 Å². The molecule has 0 saturated carbocycles. The molecule has 2 nitrogen and oxygen atoms in total. The van der Waals surface area contributed by atoms with Gasteiger partial charge in [0.25, 0.3) is 0 Å². The Labute approximate surface area is 280 Å². The van der Waals surface area contributed by atoms with Gasteiger partial charge in [-0.05, 0) is 87.5 Å². The van der Waals surface area contributed by atoms with Gasteiger partial charge in [-0.3, -0.25) is 0 Å². The molecular formula is C43H38O2P2. The maximum Gasteiger partial charge on any atom is 0.124 e. The summed E-state index contributed by atoms with van der Waals surface area (Å²) in [6.07, 6.45) is 0. The summed E-state index contributed by atoms with van der Waals surface area (Å²) in [7, 11) is -1.71. The summed E-state index contributed by atoms with van der Waals surface area (Å²) in [4.78, 5) is 0. The molecule has 0 bridgehead atoms. The molecule has 0 fully saturated rings. The highest BCUT2D eigenvalue weighted by molar-refractivity contribution is 7.80. The van der Waals surface area contributed by atoms with Crippen molar-refractivity contribution < 1.29 is 9.47 Å². The Balaban J connectivity index is 1.36. The monoisotopic (exact) mass is 648 g/mol. The van der Waals surface area contributed by atoms with Crippen molar-refractivity contribution in [3.05, 3.63) is 167 Å². The number of benzene rings is 6. The van der Waals surface area contributed by atoms with Gasteiger partial charge in [0.15, 0.2) is 0 Å². The van der Waals surface area contributed by atoms with Gasteiger partial charge >= 0.3 is 0 Å². The molecule has 0 aromatic heterocycles. The van der Waals surface area contributed by atoms with Gasteiger partial charge in [-0.2, -0.15) is 0 Å². The van der Waals surface area contributed by atoms with E-state index in [0.717, 1.165) is 11.5 Å². The normalized spacial score (nSPS) is 14.3. The maximum atomic E-state index is 6.71. The fourth-order valence-electron chi connectivity index (χ4n) is 7.10. The zero-order chi connectivity index (χ0) is 32.1. The first kappa shape index (κ1) is 30.1. The summed E-state index contributed by atoms with van der Waals surface area (Å²) < 4.78 is 13.4. The Morgan fingerprint density at radius 1 is 0.404 bits per heavy atom. The summed E-state index contributed by atoms with van der Waals surface area (Å²) in [5.41, 5.74) is 7.26. The third-order valence-corrected chi connectivity index (χ3v) is 14.5. The Morgan fingerprint density at radius 2 is 0.702 bits per heavy atom. The van der Waals surface area contributed by atoms with E-state index in [1.807, 2.05) is 0 Å². The molecule has 47 heavy (non-hydrogen) atoms. The molecule has 0 atom stereocenters. The molecule has 6 aromatic carbocycles. The van der Waals surface area contributed by atoms with Crippen molar-refractivity contribution in [1.29, 1.82) is 0 Å². The van der Waals surface area contributed by atoms with Crippen molar-refractivity contribution in [2.75, 3.05) is 13.2 Å². The van der Waals surface area contributed by atoms with Crippen LogP contribution in [0.1, 0.15) is 33.4 Å². The summed E-state index contributed by atoms with van der Waals surface area (Å²) in [6, 6.07) is 49.9. The molecule has 0 saturated heterocycles. The number of hydrogen-bond donors (Lipinski definition) is 0. The van der Waals surface area contributed by atoms with E-state index in [4.69, 9.17) is 9.47 Å². The van der Waals surface area contributed by atoms with E-state index in [0.29, 0.717) is 13.2 Å². The molecule has 2 aliphatic heterocycles. The minimum absolute atomic E-state index is 0.413. The van der Waals surface area contributed by atoms with E-state index >= 15 is 0 Å². The average molecular weight is 649 g/mol. The molecule has 6 aromatic rings. The standard InChI is InChI=1S/C43H38O2P2/c1-29-11-19-33(20-12-29)46(34-21-13-30(2)14-22-34)39-9-5-7-37-41(39)43(27-44-37)28-45-38-8-6-10-40(42(38)43)47(35-23-15-31(3)16-24-35)36-25-17-32(4)18-26-36/h5-26H,27-28H2,1-4H3. The molecule has 2 aliphatic rings. The van der Waals surface area contributed by atoms with Crippen LogP contribution in [0.5, 0.6) is 11.5 Å². The number of fused-ring (bicyclic) bond motifs is 4. The first-order valence-corrected chi connectivity index (χ1v) is 19.0. The van der Waals surface area contributed by atoms with Gasteiger partial charge in [-0.1, -0.05) is 144 Å². The Morgan fingerprint density at radius 3 is 1.00 bits per heavy atom. The van der Waals surface area contributed by atoms with E-state index in [1.165, 1.54) is 65.2 Å². The van der Waals surface area contributed by atoms with E-state index in [1.54, 1.807) is 0 Å². The van der Waals surface area contributed by atoms with Gasteiger partial charge in [-0.25, -0.2) is 0 Å². The molecule has 4 heteroatoms. The van der Waals surface area contributed by atoms with E-state index < -0.39 is 21.3 Å². The van der Waals surface area contributed by atoms with Crippen molar-refractivity contribution in [2.45, 2.75) is 33.1 Å². The Hall–Kier alpha value is -4.22. The highest BCUT2D eigenvalue weighted by Gasteiger charge is 2.52. The van der Waals surface area contributed by atoms with Gasteiger partial charge in [0.05, 0.1) is 5.41 Å². The number of aryl methyl sites for hydroxylation is 4. The quantitative estimate of drug-likeness (QED) is 0.174. The SMILES string of the molecule is Cc1ccc(P(c2ccc(C)cc2)c2cccc3c2C2(CO3)COc3cccc(P(c4ccc(C)cc4)c4ccc(C)cc4)c32)cc1. The maximum absolute atomic E-state index is 6.71. The van der Waals surface area contributed by atoms with Crippen LogP contribution in [-0.4, -0.2) is 13.2 Å². The van der Waals surface area contributed by atoms with Crippen LogP contribution in [0.15, 0.2) is 133 Å². The summed E-state index contributed by atoms with van der Waals surface area (Å²) >= 11 is 0. The van der Waals surface area contributed by atoms with Crippen LogP contribution in [-0.2, 0) is 5.41 Å². The topological polar surface area (TPSA) is 18.5 Å². The molecule has 0 aliphatic carbocycles. The van der Waals surface area contributed by atoms with Crippen LogP contribution in [0.25, 0.3) is 0 Å². The van der Waals surface area contributed by atoms with E-state index in [2.05, 4.69) is 161 Å². The zero-order valence-electron chi connectivity index (χ0n) is 27.3. The van der Waals surface area contributed by atoms with E-state index in [9.17, 15) is 0 Å². The Kier molecular flexibility index (Phi) is 7.76. The number of rotatable bonds is 6. The lowest BCUT2D eigenvalue weighted by Crippen LogP contribution is -2.40. The second-order valence-electron chi connectivity index (χ2n) is 13.0. The third-order valence-electron chi connectivity index (χ3n) is 9.56. The van der Waals surface area contributed by atoms with Crippen LogP contribution in [0.4, 0.5) is 0 Å². The minimum atomic E-state index is -0.855. The minimum Gasteiger partial charge on any atom is -0.492 e. The van der Waals surface area contributed by atoms with Gasteiger partial charge in [0.1, 0.15) is 24.7 Å². The molecule has 0 unspecified atom stereocenters. The van der Waals surface area contributed by atoms with Crippen molar-refractivity contribution in [1.82, 2.24) is 0 Å². The summed E-state index contributed by atoms with van der Waals surface area (Å²) in [6.45, 7) is 9.79. The highest BCUT2D eigenvalue weighted by Crippen LogP contribution is 2.54. The second-order valence-corrected chi connectivity index (χ2v) is 17.3. The molecule has 0 amide bonds. The van der Waals surface area contributed by atoms with E-state index in [-0.39, 0.29) is 0 Å². The number of hydrogen-bond acceptors (Lipinski definition) is 2. The average Bonchev–Trinajstić information content (AvgIpc) is 3.67. The van der Waals surface area contributed by atoms with Crippen molar-refractivity contribution in [3.8, 4) is 11.5 Å². The molecule has 1 spiro atoms. The third kappa shape index (κ3) is 5.29. The van der Waals surface area contributed by atoms with Crippen LogP contribution in [0.3, 0.4) is 0 Å². The molecule has 0 radical (unpaired) electrons. The van der Waals surface area contributed by atoms with Crippen molar-refractivity contribution in [2.24, 2.45) is 0 Å². The molecular weight excluding hydrogens is 610 g/mol. The largest absolute Gasteiger partial charge is 0.492 e. The van der Waals surface area contributed by atoms with Gasteiger partial charge in [0, 0.05) is 11.1 Å². The zero-order valence-corrected chi connectivity index (χ0v) is 29.1. The number of ether oxygens (including phenoxy) is 2. The highest BCUT2D eigenvalue weighted by atomic mass is 31.1. The van der Waals surface area contributed by atoms with Crippen molar-refractivity contribution in [3.63, 3.8) is 0 Å². The van der Waals surface area contributed by atoms with Gasteiger partial charge in [-0.15, -0.1) is 0 Å². The van der Waals surface area contributed by atoms with Gasteiger partial charge in [0.2, 0.25) is 0 Å². The molecule has 232 valence electrons. The molecule has 0 N–H and O–H groups in total. The van der Waals surface area contributed by atoms with Crippen LogP contribution in [0.2, 0.25) is 0 Å². The fourth-order valence-corrected chi connectivity index (χ4v) is 12.2. The smallest absolute Gasteiger partial charge is 0.124 e. The fraction of sp³-hybridized carbons (Fsp3) is 0.163. The van der Waals surface area contributed by atoms with Crippen LogP contribution >= 0.6 is 15.8 Å². The summed E-state index contributed by atoms with van der Waals surface area (Å²) in [5.74, 6) is 1.96. The lowest BCUT2D eigenvalue weighted by molar-refractivity contribution is 0.238. The molecule has 2 heterocycles. The van der Waals surface area contributed by atoms with Crippen LogP contribution in [0, 0.1) is 27.7 Å². The first-order valence-electron chi connectivity index (χ1n) is 16.3. The lowest BCUT2D eigenvalue weighted by atomic mass is 9.78. The summed E-state index contributed by atoms with van der Waals surface area (Å²) in [5, 5.41) is 8.09. The second kappa shape index (κ2) is 12.1.